The molecule has 1 heterocycles. The van der Waals surface area contributed by atoms with Crippen LogP contribution in [0, 0.1) is 18.3 Å². The molecule has 3 aliphatic carbocycles. The maximum absolute atomic E-state index is 6.91. The third-order valence-corrected chi connectivity index (χ3v) is 14.4. The Morgan fingerprint density at radius 1 is 0.554 bits per heavy atom. The first-order valence-electron chi connectivity index (χ1n) is 24.0. The zero-order chi connectivity index (χ0) is 46.4. The van der Waals surface area contributed by atoms with Gasteiger partial charge in [0.15, 0.2) is 0 Å². The van der Waals surface area contributed by atoms with Crippen molar-refractivity contribution in [3.8, 4) is 0 Å². The Hall–Kier alpha value is -5.80. The highest BCUT2D eigenvalue weighted by molar-refractivity contribution is 6.01. The quantitative estimate of drug-likeness (QED) is 0.166. The number of anilines is 4. The zero-order valence-corrected chi connectivity index (χ0v) is 41.6. The Kier molecular flexibility index (Phi) is 10.9. The van der Waals surface area contributed by atoms with E-state index in [-0.39, 0.29) is 27.6 Å². The summed E-state index contributed by atoms with van der Waals surface area (Å²) in [7, 11) is 0. The average molecular weight is 859 g/mol. The Bertz CT molecular complexity index is 3020. The molecular formula is C62H70N2O. The molecule has 334 valence electrons. The van der Waals surface area contributed by atoms with E-state index in [0.29, 0.717) is 0 Å². The predicted octanol–water partition coefficient (Wildman–Crippen LogP) is 16.2. The number of hydrogen-bond acceptors (Lipinski definition) is 3. The smallest absolute Gasteiger partial charge is 0.136 e. The Morgan fingerprint density at radius 2 is 1.09 bits per heavy atom. The van der Waals surface area contributed by atoms with Gasteiger partial charge in [-0.2, -0.15) is 0 Å². The van der Waals surface area contributed by atoms with Gasteiger partial charge in [0.25, 0.3) is 0 Å². The summed E-state index contributed by atoms with van der Waals surface area (Å²) >= 11 is 0. The van der Waals surface area contributed by atoms with Crippen LogP contribution in [-0.4, -0.2) is 0 Å². The third-order valence-electron chi connectivity index (χ3n) is 14.4. The van der Waals surface area contributed by atoms with E-state index < -0.39 is 0 Å². The lowest BCUT2D eigenvalue weighted by atomic mass is 9.80. The molecule has 0 fully saturated rings. The van der Waals surface area contributed by atoms with Gasteiger partial charge in [-0.15, -0.1) is 0 Å². The summed E-state index contributed by atoms with van der Waals surface area (Å²) in [5, 5.41) is 4.83. The first-order valence-corrected chi connectivity index (χ1v) is 24.0. The van der Waals surface area contributed by atoms with Gasteiger partial charge in [-0.05, 0) is 166 Å². The van der Waals surface area contributed by atoms with E-state index in [4.69, 9.17) is 4.42 Å². The maximum Gasteiger partial charge on any atom is 0.136 e. The van der Waals surface area contributed by atoms with Crippen molar-refractivity contribution < 1.29 is 4.42 Å². The lowest BCUT2D eigenvalue weighted by Crippen LogP contribution is -2.31. The minimum absolute atomic E-state index is 0.0748. The molecule has 0 amide bonds. The van der Waals surface area contributed by atoms with Crippen LogP contribution in [0.25, 0.3) is 33.9 Å². The van der Waals surface area contributed by atoms with Crippen molar-refractivity contribution in [1.82, 2.24) is 0 Å². The molecule has 1 aromatic heterocycles. The van der Waals surface area contributed by atoms with Crippen molar-refractivity contribution in [1.29, 1.82) is 0 Å². The molecule has 6 aromatic rings. The molecule has 0 aliphatic heterocycles. The summed E-state index contributed by atoms with van der Waals surface area (Å²) in [4.78, 5) is 4.96. The van der Waals surface area contributed by atoms with Crippen LogP contribution < -0.4 is 20.4 Å². The number of rotatable bonds is 6. The topological polar surface area (TPSA) is 19.6 Å². The highest BCUT2D eigenvalue weighted by Gasteiger charge is 2.30. The van der Waals surface area contributed by atoms with Crippen molar-refractivity contribution in [2.45, 2.75) is 132 Å². The fraction of sp³-hybridized carbons (Fsp3) is 0.355. The van der Waals surface area contributed by atoms with Crippen molar-refractivity contribution in [2.75, 3.05) is 9.80 Å². The normalized spacial score (nSPS) is 16.9. The van der Waals surface area contributed by atoms with E-state index in [1.807, 2.05) is 0 Å². The van der Waals surface area contributed by atoms with E-state index in [1.54, 1.807) is 0 Å². The average Bonchev–Trinajstić information content (AvgIpc) is 3.60. The molecule has 3 heteroatoms. The van der Waals surface area contributed by atoms with Gasteiger partial charge in [0.1, 0.15) is 11.0 Å². The SMILES string of the molecule is CC1=C2C=c3oc4cc5c(C)c(N(c6ccc(C(C)(C)C)cc6)c6ccc(C(C)(C)C)cc6)ccc5cc4c3=CC2CC=C1N(C1=CC=C(C(C)(C)C)CC1)c1ccc(C(C)(C)C)cc1. The molecule has 0 saturated heterocycles. The molecule has 0 N–H and O–H groups in total. The molecule has 9 rings (SSSR count). The van der Waals surface area contributed by atoms with Gasteiger partial charge < -0.3 is 14.2 Å². The highest BCUT2D eigenvalue weighted by atomic mass is 16.3. The van der Waals surface area contributed by atoms with Crippen molar-refractivity contribution in [3.05, 3.63) is 176 Å². The van der Waals surface area contributed by atoms with Crippen LogP contribution in [0.3, 0.4) is 0 Å². The van der Waals surface area contributed by atoms with E-state index in [9.17, 15) is 0 Å². The number of hydrogen-bond donors (Lipinski definition) is 0. The second-order valence-electron chi connectivity index (χ2n) is 23.1. The van der Waals surface area contributed by atoms with Crippen molar-refractivity contribution in [3.63, 3.8) is 0 Å². The largest absolute Gasteiger partial charge is 0.456 e. The minimum atomic E-state index is 0.0748. The van der Waals surface area contributed by atoms with Crippen LogP contribution in [0.2, 0.25) is 0 Å². The number of furan rings is 1. The van der Waals surface area contributed by atoms with E-state index in [1.165, 1.54) is 83.1 Å². The van der Waals surface area contributed by atoms with Crippen LogP contribution in [0.5, 0.6) is 0 Å². The molecule has 0 bridgehead atoms. The summed E-state index contributed by atoms with van der Waals surface area (Å²) in [5.74, 6) is 0.285. The van der Waals surface area contributed by atoms with Crippen molar-refractivity contribution in [2.24, 2.45) is 11.3 Å². The summed E-state index contributed by atoms with van der Waals surface area (Å²) in [6.45, 7) is 32.1. The standard InChI is InChI=1S/C62H70N2O/c1-39-51-37-57-53(35-41(51)15-33-55(39)63(47-25-17-43(18-26-47)59(3,4)5)48-27-19-44(20-28-48)60(6,7)8)54-36-42-16-34-56(40(2)52(42)38-58(54)65-57)64(49-29-21-45(22-30-49)61(9,10)11)50-31-23-46(24-32-50)62(12,13)14/h15,17-23,25-31,33-38,42H,16,24,32H2,1-14H3. The Balaban J connectivity index is 1.13. The van der Waals surface area contributed by atoms with E-state index in [0.717, 1.165) is 41.6 Å². The van der Waals surface area contributed by atoms with Gasteiger partial charge in [0, 0.05) is 50.7 Å². The maximum atomic E-state index is 6.91. The molecule has 0 spiro atoms. The summed E-state index contributed by atoms with van der Waals surface area (Å²) < 4.78 is 6.91. The van der Waals surface area contributed by atoms with Crippen LogP contribution in [0.1, 0.15) is 132 Å². The fourth-order valence-electron chi connectivity index (χ4n) is 10.2. The Morgan fingerprint density at radius 3 is 1.58 bits per heavy atom. The molecule has 3 aliphatic rings. The van der Waals surface area contributed by atoms with Gasteiger partial charge in [0.2, 0.25) is 0 Å². The van der Waals surface area contributed by atoms with Crippen LogP contribution in [0.15, 0.2) is 148 Å². The summed E-state index contributed by atoms with van der Waals surface area (Å²) in [6, 6.07) is 36.8. The Labute approximate surface area is 389 Å². The van der Waals surface area contributed by atoms with Gasteiger partial charge >= 0.3 is 0 Å². The lowest BCUT2D eigenvalue weighted by molar-refractivity contribution is 0.478. The zero-order valence-electron chi connectivity index (χ0n) is 41.6. The number of allylic oxidation sites excluding steroid dienone is 7. The van der Waals surface area contributed by atoms with Crippen LogP contribution in [0.4, 0.5) is 22.7 Å². The molecule has 0 radical (unpaired) electrons. The third kappa shape index (κ3) is 8.37. The molecule has 0 saturated carbocycles. The highest BCUT2D eigenvalue weighted by Crippen LogP contribution is 2.44. The molecule has 1 unspecified atom stereocenters. The summed E-state index contributed by atoms with van der Waals surface area (Å²) in [6.07, 6.45) is 15.1. The second kappa shape index (κ2) is 16.0. The van der Waals surface area contributed by atoms with Crippen molar-refractivity contribution >= 4 is 56.6 Å². The van der Waals surface area contributed by atoms with Gasteiger partial charge in [-0.1, -0.05) is 149 Å². The first-order chi connectivity index (χ1) is 30.6. The molecule has 65 heavy (non-hydrogen) atoms. The lowest BCUT2D eigenvalue weighted by Gasteiger charge is -2.37. The van der Waals surface area contributed by atoms with E-state index in [2.05, 4.69) is 234 Å². The van der Waals surface area contributed by atoms with Crippen LogP contribution >= 0.6 is 0 Å². The van der Waals surface area contributed by atoms with Gasteiger partial charge in [-0.3, -0.25) is 0 Å². The first kappa shape index (κ1) is 44.4. The minimum Gasteiger partial charge on any atom is -0.456 e. The predicted molar refractivity (Wildman–Crippen MR) is 280 cm³/mol. The fourth-order valence-corrected chi connectivity index (χ4v) is 10.2. The van der Waals surface area contributed by atoms with Gasteiger partial charge in [-0.25, -0.2) is 0 Å². The molecular weight excluding hydrogens is 789 g/mol. The van der Waals surface area contributed by atoms with E-state index >= 15 is 0 Å². The molecule has 1 atom stereocenters. The van der Waals surface area contributed by atoms with Crippen LogP contribution in [-0.2, 0) is 16.2 Å². The number of fused-ring (bicyclic) bond motifs is 5. The second-order valence-corrected chi connectivity index (χ2v) is 23.1. The number of nitrogens with zero attached hydrogens (tertiary/aromatic N) is 2. The van der Waals surface area contributed by atoms with Gasteiger partial charge in [0.05, 0.1) is 0 Å². The monoisotopic (exact) mass is 859 g/mol. The summed E-state index contributed by atoms with van der Waals surface area (Å²) in [5.41, 5.74) is 19.0. The number of aryl methyl sites for hydroxylation is 1. The molecule has 5 aromatic carbocycles. The number of benzene rings is 5. The molecule has 3 nitrogen and oxygen atoms in total.